The molecule has 0 fully saturated rings. The van der Waals surface area contributed by atoms with E-state index in [1.807, 2.05) is 19.1 Å². The minimum Gasteiger partial charge on any atom is -0.337 e. The summed E-state index contributed by atoms with van der Waals surface area (Å²) < 4.78 is 5.08. The first-order chi connectivity index (χ1) is 7.70. The summed E-state index contributed by atoms with van der Waals surface area (Å²) >= 11 is 5.79. The Morgan fingerprint density at radius 1 is 1.38 bits per heavy atom. The molecule has 0 saturated carbocycles. The van der Waals surface area contributed by atoms with Gasteiger partial charge in [-0.1, -0.05) is 23.7 Å². The molecule has 0 spiro atoms. The molecule has 0 saturated heterocycles. The van der Waals surface area contributed by atoms with Crippen molar-refractivity contribution in [2.75, 3.05) is 0 Å². The van der Waals surface area contributed by atoms with Crippen LogP contribution >= 0.6 is 11.6 Å². The molecule has 5 heteroatoms. The van der Waals surface area contributed by atoms with Crippen LogP contribution in [0, 0.1) is 0 Å². The van der Waals surface area contributed by atoms with Gasteiger partial charge in [0.25, 0.3) is 0 Å². The van der Waals surface area contributed by atoms with Gasteiger partial charge in [0.2, 0.25) is 11.7 Å². The molecule has 0 radical (unpaired) electrons. The van der Waals surface area contributed by atoms with Gasteiger partial charge in [-0.3, -0.25) is 0 Å². The summed E-state index contributed by atoms with van der Waals surface area (Å²) in [5, 5.41) is 4.55. The number of nitrogens with zero attached hydrogens (tertiary/aromatic N) is 2. The van der Waals surface area contributed by atoms with Crippen molar-refractivity contribution in [3.63, 3.8) is 0 Å². The van der Waals surface area contributed by atoms with Crippen molar-refractivity contribution in [1.29, 1.82) is 0 Å². The summed E-state index contributed by atoms with van der Waals surface area (Å²) in [6.45, 7) is 1.97. The summed E-state index contributed by atoms with van der Waals surface area (Å²) in [6.07, 6.45) is 0.766. The van der Waals surface area contributed by atoms with Crippen LogP contribution in [0.25, 0.3) is 11.4 Å². The standard InChI is InChI=1S/C11H12ClN3O/c1-2-9(13)11-14-10(15-16-11)7-3-5-8(12)6-4-7/h3-6,9H,2,13H2,1H3. The van der Waals surface area contributed by atoms with E-state index in [1.54, 1.807) is 12.1 Å². The lowest BCUT2D eigenvalue weighted by molar-refractivity contribution is 0.352. The second kappa shape index (κ2) is 4.63. The van der Waals surface area contributed by atoms with Crippen LogP contribution in [0.1, 0.15) is 25.3 Å². The first-order valence-corrected chi connectivity index (χ1v) is 5.43. The normalized spacial score (nSPS) is 12.7. The molecular weight excluding hydrogens is 226 g/mol. The molecule has 1 atom stereocenters. The van der Waals surface area contributed by atoms with Crippen LogP contribution in [-0.4, -0.2) is 10.1 Å². The van der Waals surface area contributed by atoms with Crippen LogP contribution in [0.3, 0.4) is 0 Å². The highest BCUT2D eigenvalue weighted by Gasteiger charge is 2.13. The van der Waals surface area contributed by atoms with E-state index in [9.17, 15) is 0 Å². The van der Waals surface area contributed by atoms with Gasteiger partial charge in [-0.05, 0) is 30.7 Å². The van der Waals surface area contributed by atoms with E-state index in [0.29, 0.717) is 16.7 Å². The smallest absolute Gasteiger partial charge is 0.243 e. The zero-order chi connectivity index (χ0) is 11.5. The third-order valence-corrected chi connectivity index (χ3v) is 2.55. The van der Waals surface area contributed by atoms with Crippen LogP contribution in [0.4, 0.5) is 0 Å². The third-order valence-electron chi connectivity index (χ3n) is 2.30. The maximum Gasteiger partial charge on any atom is 0.243 e. The molecule has 84 valence electrons. The van der Waals surface area contributed by atoms with E-state index in [2.05, 4.69) is 10.1 Å². The highest BCUT2D eigenvalue weighted by atomic mass is 35.5. The summed E-state index contributed by atoms with van der Waals surface area (Å²) in [4.78, 5) is 4.24. The minimum absolute atomic E-state index is 0.200. The Bertz CT molecular complexity index is 466. The van der Waals surface area contributed by atoms with Crippen molar-refractivity contribution in [3.8, 4) is 11.4 Å². The Morgan fingerprint density at radius 2 is 2.06 bits per heavy atom. The molecule has 2 aromatic rings. The molecule has 1 aromatic heterocycles. The fourth-order valence-electron chi connectivity index (χ4n) is 1.28. The Morgan fingerprint density at radius 3 is 2.69 bits per heavy atom. The van der Waals surface area contributed by atoms with Crippen molar-refractivity contribution in [2.24, 2.45) is 5.73 Å². The Labute approximate surface area is 98.4 Å². The molecular formula is C11H12ClN3O. The molecule has 1 heterocycles. The predicted octanol–water partition coefficient (Wildman–Crippen LogP) is 2.80. The molecule has 4 nitrogen and oxygen atoms in total. The molecule has 0 aliphatic carbocycles. The summed E-state index contributed by atoms with van der Waals surface area (Å²) in [7, 11) is 0. The number of benzene rings is 1. The Kier molecular flexibility index (Phi) is 3.22. The van der Waals surface area contributed by atoms with Crippen molar-refractivity contribution >= 4 is 11.6 Å². The van der Waals surface area contributed by atoms with Crippen LogP contribution < -0.4 is 5.73 Å². The zero-order valence-electron chi connectivity index (χ0n) is 8.85. The zero-order valence-corrected chi connectivity index (χ0v) is 9.61. The van der Waals surface area contributed by atoms with E-state index in [1.165, 1.54) is 0 Å². The van der Waals surface area contributed by atoms with E-state index < -0.39 is 0 Å². The van der Waals surface area contributed by atoms with Gasteiger partial charge in [0.05, 0.1) is 6.04 Å². The van der Waals surface area contributed by atoms with Crippen molar-refractivity contribution < 1.29 is 4.52 Å². The van der Waals surface area contributed by atoms with Gasteiger partial charge in [-0.2, -0.15) is 4.98 Å². The molecule has 0 amide bonds. The van der Waals surface area contributed by atoms with Gasteiger partial charge in [0, 0.05) is 10.6 Å². The topological polar surface area (TPSA) is 64.9 Å². The number of aromatic nitrogens is 2. The monoisotopic (exact) mass is 237 g/mol. The number of hydrogen-bond donors (Lipinski definition) is 1. The molecule has 0 aliphatic heterocycles. The second-order valence-corrected chi connectivity index (χ2v) is 3.91. The Balaban J connectivity index is 2.28. The molecule has 0 aliphatic rings. The number of nitrogens with two attached hydrogens (primary N) is 1. The molecule has 16 heavy (non-hydrogen) atoms. The van der Waals surface area contributed by atoms with Gasteiger partial charge < -0.3 is 10.3 Å². The van der Waals surface area contributed by atoms with E-state index in [4.69, 9.17) is 21.9 Å². The van der Waals surface area contributed by atoms with Crippen LogP contribution in [-0.2, 0) is 0 Å². The van der Waals surface area contributed by atoms with E-state index in [-0.39, 0.29) is 6.04 Å². The number of halogens is 1. The van der Waals surface area contributed by atoms with Crippen molar-refractivity contribution in [3.05, 3.63) is 35.2 Å². The van der Waals surface area contributed by atoms with Gasteiger partial charge in [0.15, 0.2) is 0 Å². The molecule has 2 rings (SSSR count). The number of rotatable bonds is 3. The van der Waals surface area contributed by atoms with Gasteiger partial charge in [0.1, 0.15) is 0 Å². The highest BCUT2D eigenvalue weighted by molar-refractivity contribution is 6.30. The summed E-state index contributed by atoms with van der Waals surface area (Å²) in [5.74, 6) is 1.00. The van der Waals surface area contributed by atoms with Crippen LogP contribution in [0.15, 0.2) is 28.8 Å². The first-order valence-electron chi connectivity index (χ1n) is 5.06. The SMILES string of the molecule is CCC(N)c1nc(-c2ccc(Cl)cc2)no1. The lowest BCUT2D eigenvalue weighted by Gasteiger charge is -1.99. The predicted molar refractivity (Wildman–Crippen MR) is 62.0 cm³/mol. The molecule has 1 aromatic carbocycles. The van der Waals surface area contributed by atoms with Crippen molar-refractivity contribution in [1.82, 2.24) is 10.1 Å². The van der Waals surface area contributed by atoms with Gasteiger partial charge in [-0.15, -0.1) is 0 Å². The molecule has 2 N–H and O–H groups in total. The Hall–Kier alpha value is -1.39. The van der Waals surface area contributed by atoms with E-state index >= 15 is 0 Å². The van der Waals surface area contributed by atoms with Crippen molar-refractivity contribution in [2.45, 2.75) is 19.4 Å². The summed E-state index contributed by atoms with van der Waals surface area (Å²) in [5.41, 5.74) is 6.66. The molecule has 0 bridgehead atoms. The average molecular weight is 238 g/mol. The summed E-state index contributed by atoms with van der Waals surface area (Å²) in [6, 6.07) is 7.05. The van der Waals surface area contributed by atoms with Crippen LogP contribution in [0.5, 0.6) is 0 Å². The average Bonchev–Trinajstić information content (AvgIpc) is 2.78. The second-order valence-electron chi connectivity index (χ2n) is 3.48. The first kappa shape index (κ1) is 11.1. The maximum atomic E-state index is 5.79. The van der Waals surface area contributed by atoms with Gasteiger partial charge >= 0.3 is 0 Å². The maximum absolute atomic E-state index is 5.79. The fraction of sp³-hybridized carbons (Fsp3) is 0.273. The van der Waals surface area contributed by atoms with Crippen LogP contribution in [0.2, 0.25) is 5.02 Å². The quantitative estimate of drug-likeness (QED) is 0.892. The van der Waals surface area contributed by atoms with E-state index in [0.717, 1.165) is 12.0 Å². The highest BCUT2D eigenvalue weighted by Crippen LogP contribution is 2.20. The lowest BCUT2D eigenvalue weighted by Crippen LogP contribution is -2.08. The minimum atomic E-state index is -0.200. The largest absolute Gasteiger partial charge is 0.337 e. The third kappa shape index (κ3) is 2.23. The number of hydrogen-bond acceptors (Lipinski definition) is 4. The lowest BCUT2D eigenvalue weighted by atomic mass is 10.2. The fourth-order valence-corrected chi connectivity index (χ4v) is 1.40. The van der Waals surface area contributed by atoms with Gasteiger partial charge in [-0.25, -0.2) is 0 Å². The molecule has 1 unspecified atom stereocenters.